The number of nitrogens with one attached hydrogen (secondary N) is 3. The van der Waals surface area contributed by atoms with Gasteiger partial charge in [-0.25, -0.2) is 4.39 Å². The molecule has 1 aromatic heterocycles. The molecule has 0 amide bonds. The van der Waals surface area contributed by atoms with Crippen molar-refractivity contribution >= 4 is 40.8 Å². The van der Waals surface area contributed by atoms with Crippen LogP contribution in [0.2, 0.25) is 0 Å². The molecule has 2 aromatic rings. The first-order valence-electron chi connectivity index (χ1n) is 9.62. The summed E-state index contributed by atoms with van der Waals surface area (Å²) in [4.78, 5) is 10.0. The van der Waals surface area contributed by atoms with Gasteiger partial charge in [0.05, 0.1) is 0 Å². The number of fused-ring (bicyclic) bond motifs is 1. The van der Waals surface area contributed by atoms with Gasteiger partial charge in [0.25, 0.3) is 0 Å². The summed E-state index contributed by atoms with van der Waals surface area (Å²) in [7, 11) is 1.81. The van der Waals surface area contributed by atoms with E-state index < -0.39 is 0 Å². The van der Waals surface area contributed by atoms with Crippen LogP contribution in [0.1, 0.15) is 25.3 Å². The van der Waals surface area contributed by atoms with Gasteiger partial charge in [-0.05, 0) is 62.0 Å². The first-order valence-corrected chi connectivity index (χ1v) is 9.62. The van der Waals surface area contributed by atoms with Gasteiger partial charge < -0.3 is 20.5 Å². The van der Waals surface area contributed by atoms with Crippen molar-refractivity contribution in [2.75, 3.05) is 39.8 Å². The van der Waals surface area contributed by atoms with E-state index in [9.17, 15) is 4.39 Å². The quantitative estimate of drug-likeness (QED) is 0.319. The molecule has 150 valence electrons. The zero-order valence-electron chi connectivity index (χ0n) is 16.2. The fourth-order valence-electron chi connectivity index (χ4n) is 3.74. The van der Waals surface area contributed by atoms with Crippen molar-refractivity contribution in [3.8, 4) is 0 Å². The lowest BCUT2D eigenvalue weighted by Crippen LogP contribution is -2.41. The van der Waals surface area contributed by atoms with E-state index in [1.807, 2.05) is 19.3 Å². The Balaban J connectivity index is 0.00000261. The van der Waals surface area contributed by atoms with Crippen LogP contribution in [0, 0.1) is 11.7 Å². The number of aromatic nitrogens is 1. The Hall–Kier alpha value is -1.35. The molecule has 0 radical (unpaired) electrons. The van der Waals surface area contributed by atoms with E-state index in [4.69, 9.17) is 0 Å². The van der Waals surface area contributed by atoms with Gasteiger partial charge in [-0.2, -0.15) is 0 Å². The third kappa shape index (κ3) is 6.07. The normalized spacial score (nSPS) is 17.9. The van der Waals surface area contributed by atoms with Gasteiger partial charge in [-0.3, -0.25) is 4.99 Å². The molecule has 1 aromatic carbocycles. The highest BCUT2D eigenvalue weighted by Gasteiger charge is 2.21. The van der Waals surface area contributed by atoms with E-state index in [1.165, 1.54) is 50.2 Å². The summed E-state index contributed by atoms with van der Waals surface area (Å²) < 4.78 is 13.3. The number of halogens is 2. The first-order chi connectivity index (χ1) is 12.7. The van der Waals surface area contributed by atoms with Crippen molar-refractivity contribution in [2.45, 2.75) is 26.2 Å². The maximum atomic E-state index is 13.3. The van der Waals surface area contributed by atoms with Gasteiger partial charge in [0, 0.05) is 43.8 Å². The molecule has 1 atom stereocenters. The summed E-state index contributed by atoms with van der Waals surface area (Å²) >= 11 is 0. The molecule has 1 saturated heterocycles. The number of aliphatic imine (C=N–C) groups is 1. The standard InChI is InChI=1S/C20H30FN5.HI/c1-3-9-26-10-7-15(14-26)12-25-20(22-2)23-8-6-16-13-24-19-11-17(21)4-5-18(16)19;/h4-5,11,13,15,24H,3,6-10,12,14H2,1-2H3,(H2,22,23,25);1H. The molecule has 1 aliphatic rings. The highest BCUT2D eigenvalue weighted by Crippen LogP contribution is 2.19. The average Bonchev–Trinajstić information content (AvgIpc) is 3.25. The summed E-state index contributed by atoms with van der Waals surface area (Å²) in [6, 6.07) is 4.89. The highest BCUT2D eigenvalue weighted by atomic mass is 127. The molecule has 0 bridgehead atoms. The molecular formula is C20H31FIN5. The maximum Gasteiger partial charge on any atom is 0.190 e. The lowest BCUT2D eigenvalue weighted by molar-refractivity contribution is 0.324. The van der Waals surface area contributed by atoms with Crippen molar-refractivity contribution in [3.63, 3.8) is 0 Å². The number of H-pyrrole nitrogens is 1. The van der Waals surface area contributed by atoms with Crippen LogP contribution in [0.25, 0.3) is 10.9 Å². The smallest absolute Gasteiger partial charge is 0.190 e. The molecule has 5 nitrogen and oxygen atoms in total. The molecule has 27 heavy (non-hydrogen) atoms. The van der Waals surface area contributed by atoms with Crippen molar-refractivity contribution < 1.29 is 4.39 Å². The number of nitrogens with zero attached hydrogens (tertiary/aromatic N) is 2. The summed E-state index contributed by atoms with van der Waals surface area (Å²) in [6.45, 7) is 7.60. The van der Waals surface area contributed by atoms with Gasteiger partial charge >= 0.3 is 0 Å². The number of aromatic amines is 1. The Labute approximate surface area is 178 Å². The van der Waals surface area contributed by atoms with E-state index in [-0.39, 0.29) is 29.8 Å². The fourth-order valence-corrected chi connectivity index (χ4v) is 3.74. The zero-order chi connectivity index (χ0) is 18.4. The summed E-state index contributed by atoms with van der Waals surface area (Å²) in [5.74, 6) is 1.34. The molecule has 3 rings (SSSR count). The van der Waals surface area contributed by atoms with E-state index >= 15 is 0 Å². The van der Waals surface area contributed by atoms with Crippen LogP contribution in [0.4, 0.5) is 4.39 Å². The number of hydrogen-bond donors (Lipinski definition) is 3. The van der Waals surface area contributed by atoms with Crippen LogP contribution in [-0.4, -0.2) is 55.6 Å². The molecule has 3 N–H and O–H groups in total. The van der Waals surface area contributed by atoms with E-state index in [0.29, 0.717) is 5.92 Å². The third-order valence-electron chi connectivity index (χ3n) is 5.11. The molecule has 0 aliphatic carbocycles. The lowest BCUT2D eigenvalue weighted by atomic mass is 10.1. The highest BCUT2D eigenvalue weighted by molar-refractivity contribution is 14.0. The van der Waals surface area contributed by atoms with E-state index in [0.717, 1.165) is 36.4 Å². The Bertz CT molecular complexity index is 745. The van der Waals surface area contributed by atoms with Crippen molar-refractivity contribution in [1.29, 1.82) is 0 Å². The largest absolute Gasteiger partial charge is 0.361 e. The molecule has 1 aliphatic heterocycles. The third-order valence-corrected chi connectivity index (χ3v) is 5.11. The van der Waals surface area contributed by atoms with E-state index in [1.54, 1.807) is 0 Å². The van der Waals surface area contributed by atoms with E-state index in [2.05, 4.69) is 32.4 Å². The topological polar surface area (TPSA) is 55.4 Å². The zero-order valence-corrected chi connectivity index (χ0v) is 18.6. The number of guanidine groups is 1. The SMILES string of the molecule is CCCN1CCC(CNC(=NC)NCCc2c[nH]c3cc(F)ccc23)C1.I. The monoisotopic (exact) mass is 487 g/mol. The fraction of sp³-hybridized carbons (Fsp3) is 0.550. The van der Waals surface area contributed by atoms with Gasteiger partial charge in [-0.15, -0.1) is 24.0 Å². The molecule has 1 fully saturated rings. The van der Waals surface area contributed by atoms with Crippen LogP contribution in [-0.2, 0) is 6.42 Å². The van der Waals surface area contributed by atoms with Gasteiger partial charge in [0.1, 0.15) is 5.82 Å². The average molecular weight is 487 g/mol. The van der Waals surface area contributed by atoms with Crippen molar-refractivity contribution in [2.24, 2.45) is 10.9 Å². The summed E-state index contributed by atoms with van der Waals surface area (Å²) in [6.07, 6.45) is 5.31. The Morgan fingerprint density at radius 3 is 3.00 bits per heavy atom. The van der Waals surface area contributed by atoms with Crippen LogP contribution in [0.3, 0.4) is 0 Å². The number of benzene rings is 1. The number of hydrogen-bond acceptors (Lipinski definition) is 2. The van der Waals surface area contributed by atoms with Gasteiger partial charge in [0.15, 0.2) is 5.96 Å². The predicted molar refractivity (Wildman–Crippen MR) is 122 cm³/mol. The Morgan fingerprint density at radius 1 is 1.37 bits per heavy atom. The van der Waals surface area contributed by atoms with Gasteiger partial charge in [0.2, 0.25) is 0 Å². The molecule has 1 unspecified atom stereocenters. The minimum Gasteiger partial charge on any atom is -0.361 e. The molecule has 7 heteroatoms. The molecule has 0 spiro atoms. The Kier molecular flexibility index (Phi) is 8.82. The van der Waals surface area contributed by atoms with Gasteiger partial charge in [-0.1, -0.05) is 6.92 Å². The molecule has 0 saturated carbocycles. The Morgan fingerprint density at radius 2 is 2.22 bits per heavy atom. The van der Waals surface area contributed by atoms with Crippen molar-refractivity contribution in [1.82, 2.24) is 20.5 Å². The lowest BCUT2D eigenvalue weighted by Gasteiger charge is -2.17. The van der Waals surface area contributed by atoms with Crippen molar-refractivity contribution in [3.05, 3.63) is 35.8 Å². The maximum absolute atomic E-state index is 13.3. The minimum atomic E-state index is -0.210. The first kappa shape index (κ1) is 21.9. The van der Waals surface area contributed by atoms with Crippen LogP contribution in [0.5, 0.6) is 0 Å². The number of likely N-dealkylation sites (tertiary alicyclic amines) is 1. The molecule has 2 heterocycles. The number of rotatable bonds is 7. The predicted octanol–water partition coefficient (Wildman–Crippen LogP) is 3.36. The minimum absolute atomic E-state index is 0. The van der Waals surface area contributed by atoms with Crippen LogP contribution >= 0.6 is 24.0 Å². The second-order valence-corrected chi connectivity index (χ2v) is 7.09. The van der Waals surface area contributed by atoms with Crippen LogP contribution in [0.15, 0.2) is 29.4 Å². The second kappa shape index (κ2) is 10.8. The summed E-state index contributed by atoms with van der Waals surface area (Å²) in [5, 5.41) is 7.92. The van der Waals surface area contributed by atoms with Crippen LogP contribution < -0.4 is 10.6 Å². The summed E-state index contributed by atoms with van der Waals surface area (Å²) in [5.41, 5.74) is 2.04. The molecular weight excluding hydrogens is 456 g/mol. The second-order valence-electron chi connectivity index (χ2n) is 7.09.